The molecule has 0 radical (unpaired) electrons. The highest BCUT2D eigenvalue weighted by atomic mass is 14.9. The molecule has 80 valence electrons. The molecule has 1 aromatic rings. The van der Waals surface area contributed by atoms with Crippen molar-refractivity contribution in [2.45, 2.75) is 25.3 Å². The third kappa shape index (κ3) is 1.69. The molecular formula is C14H19N. The van der Waals surface area contributed by atoms with Gasteiger partial charge in [0.25, 0.3) is 0 Å². The fraction of sp³-hybridized carbons (Fsp3) is 0.571. The lowest BCUT2D eigenvalue weighted by Gasteiger charge is -2.24. The van der Waals surface area contributed by atoms with Crippen LogP contribution in [0.3, 0.4) is 0 Å². The molecule has 3 rings (SSSR count). The summed E-state index contributed by atoms with van der Waals surface area (Å²) < 4.78 is 0. The van der Waals surface area contributed by atoms with Crippen LogP contribution in [-0.4, -0.2) is 7.05 Å². The molecule has 0 aliphatic heterocycles. The van der Waals surface area contributed by atoms with E-state index < -0.39 is 0 Å². The third-order valence-corrected chi connectivity index (χ3v) is 4.22. The SMILES string of the molecule is CNC(c1ccccc1)C1CC2CC2C1. The average Bonchev–Trinajstić information content (AvgIpc) is 2.89. The molecule has 1 aromatic carbocycles. The average molecular weight is 201 g/mol. The molecule has 2 fully saturated rings. The zero-order chi connectivity index (χ0) is 10.3. The first-order chi connectivity index (χ1) is 7.38. The lowest BCUT2D eigenvalue weighted by Crippen LogP contribution is -2.24. The molecule has 0 bridgehead atoms. The molecule has 1 N–H and O–H groups in total. The van der Waals surface area contributed by atoms with E-state index in [1.165, 1.54) is 24.8 Å². The van der Waals surface area contributed by atoms with Crippen LogP contribution in [0.15, 0.2) is 30.3 Å². The zero-order valence-corrected chi connectivity index (χ0v) is 9.32. The maximum atomic E-state index is 3.50. The van der Waals surface area contributed by atoms with E-state index in [-0.39, 0.29) is 0 Å². The van der Waals surface area contributed by atoms with Gasteiger partial charge in [-0.1, -0.05) is 30.3 Å². The monoisotopic (exact) mass is 201 g/mol. The van der Waals surface area contributed by atoms with Crippen molar-refractivity contribution in [3.63, 3.8) is 0 Å². The Kier molecular flexibility index (Phi) is 2.28. The summed E-state index contributed by atoms with van der Waals surface area (Å²) in [6, 6.07) is 11.5. The maximum Gasteiger partial charge on any atom is 0.0346 e. The minimum atomic E-state index is 0.582. The number of rotatable bonds is 3. The van der Waals surface area contributed by atoms with Gasteiger partial charge in [-0.15, -0.1) is 0 Å². The van der Waals surface area contributed by atoms with Crippen LogP contribution in [0.4, 0.5) is 0 Å². The summed E-state index contributed by atoms with van der Waals surface area (Å²) in [5.41, 5.74) is 1.46. The van der Waals surface area contributed by atoms with Crippen LogP contribution in [0.2, 0.25) is 0 Å². The fourth-order valence-corrected chi connectivity index (χ4v) is 3.37. The van der Waals surface area contributed by atoms with Gasteiger partial charge in [-0.2, -0.15) is 0 Å². The quantitative estimate of drug-likeness (QED) is 0.792. The zero-order valence-electron chi connectivity index (χ0n) is 9.32. The molecule has 2 saturated carbocycles. The molecule has 0 amide bonds. The lowest BCUT2D eigenvalue weighted by molar-refractivity contribution is 0.359. The van der Waals surface area contributed by atoms with E-state index in [2.05, 4.69) is 42.7 Å². The Labute approximate surface area is 91.9 Å². The summed E-state index contributed by atoms with van der Waals surface area (Å²) in [6.45, 7) is 0. The molecule has 0 spiro atoms. The molecule has 0 saturated heterocycles. The van der Waals surface area contributed by atoms with E-state index in [9.17, 15) is 0 Å². The van der Waals surface area contributed by atoms with Crippen molar-refractivity contribution in [1.29, 1.82) is 0 Å². The molecule has 1 nitrogen and oxygen atoms in total. The summed E-state index contributed by atoms with van der Waals surface area (Å²) in [4.78, 5) is 0. The standard InChI is InChI=1S/C14H19N/c1-15-14(10-5-3-2-4-6-10)13-8-11-7-12(11)9-13/h2-6,11-15H,7-9H2,1H3. The van der Waals surface area contributed by atoms with E-state index in [4.69, 9.17) is 0 Å². The van der Waals surface area contributed by atoms with Crippen LogP contribution in [0.5, 0.6) is 0 Å². The van der Waals surface area contributed by atoms with Gasteiger partial charge in [0.05, 0.1) is 0 Å². The van der Waals surface area contributed by atoms with Gasteiger partial charge < -0.3 is 5.32 Å². The second-order valence-corrected chi connectivity index (χ2v) is 5.16. The molecule has 0 aromatic heterocycles. The number of nitrogens with one attached hydrogen (secondary N) is 1. The number of hydrogen-bond acceptors (Lipinski definition) is 1. The van der Waals surface area contributed by atoms with Crippen molar-refractivity contribution in [2.24, 2.45) is 17.8 Å². The van der Waals surface area contributed by atoms with Gasteiger partial charge in [-0.05, 0) is 49.6 Å². The molecule has 3 atom stereocenters. The van der Waals surface area contributed by atoms with Crippen molar-refractivity contribution in [3.05, 3.63) is 35.9 Å². The van der Waals surface area contributed by atoms with Crippen LogP contribution < -0.4 is 5.32 Å². The minimum absolute atomic E-state index is 0.582. The Balaban J connectivity index is 1.76. The summed E-state index contributed by atoms with van der Waals surface area (Å²) in [6.07, 6.45) is 4.41. The van der Waals surface area contributed by atoms with Crippen LogP contribution >= 0.6 is 0 Å². The van der Waals surface area contributed by atoms with E-state index >= 15 is 0 Å². The second-order valence-electron chi connectivity index (χ2n) is 5.16. The van der Waals surface area contributed by atoms with Crippen molar-refractivity contribution in [1.82, 2.24) is 5.32 Å². The van der Waals surface area contributed by atoms with Crippen LogP contribution in [0.1, 0.15) is 30.9 Å². The van der Waals surface area contributed by atoms with Gasteiger partial charge in [0.15, 0.2) is 0 Å². The van der Waals surface area contributed by atoms with Crippen LogP contribution in [0, 0.1) is 17.8 Å². The van der Waals surface area contributed by atoms with Crippen molar-refractivity contribution >= 4 is 0 Å². The number of hydrogen-bond donors (Lipinski definition) is 1. The Morgan fingerprint density at radius 1 is 1.07 bits per heavy atom. The fourth-order valence-electron chi connectivity index (χ4n) is 3.37. The summed E-state index contributed by atoms with van der Waals surface area (Å²) in [5, 5.41) is 3.50. The highest BCUT2D eigenvalue weighted by molar-refractivity contribution is 5.20. The molecule has 2 aliphatic carbocycles. The predicted octanol–water partition coefficient (Wildman–Crippen LogP) is 2.99. The van der Waals surface area contributed by atoms with Crippen LogP contribution in [0.25, 0.3) is 0 Å². The molecular weight excluding hydrogens is 182 g/mol. The first-order valence-electron chi connectivity index (χ1n) is 6.10. The van der Waals surface area contributed by atoms with Gasteiger partial charge in [0.2, 0.25) is 0 Å². The van der Waals surface area contributed by atoms with E-state index in [0.29, 0.717) is 6.04 Å². The topological polar surface area (TPSA) is 12.0 Å². The third-order valence-electron chi connectivity index (χ3n) is 4.22. The van der Waals surface area contributed by atoms with Gasteiger partial charge in [0, 0.05) is 6.04 Å². The summed E-state index contributed by atoms with van der Waals surface area (Å²) in [7, 11) is 2.10. The molecule has 0 heterocycles. The molecule has 3 unspecified atom stereocenters. The van der Waals surface area contributed by atoms with E-state index in [1.807, 2.05) is 0 Å². The Morgan fingerprint density at radius 2 is 1.73 bits per heavy atom. The van der Waals surface area contributed by atoms with E-state index in [0.717, 1.165) is 17.8 Å². The van der Waals surface area contributed by atoms with Crippen molar-refractivity contribution in [3.8, 4) is 0 Å². The highest BCUT2D eigenvalue weighted by Gasteiger charge is 2.47. The van der Waals surface area contributed by atoms with E-state index in [1.54, 1.807) is 0 Å². The van der Waals surface area contributed by atoms with Gasteiger partial charge in [-0.3, -0.25) is 0 Å². The van der Waals surface area contributed by atoms with Crippen molar-refractivity contribution in [2.75, 3.05) is 7.05 Å². The minimum Gasteiger partial charge on any atom is -0.313 e. The highest BCUT2D eigenvalue weighted by Crippen LogP contribution is 2.56. The Morgan fingerprint density at radius 3 is 2.33 bits per heavy atom. The normalized spacial score (nSPS) is 34.9. The predicted molar refractivity (Wildman–Crippen MR) is 62.6 cm³/mol. The first kappa shape index (κ1) is 9.41. The van der Waals surface area contributed by atoms with Gasteiger partial charge >= 0.3 is 0 Å². The molecule has 15 heavy (non-hydrogen) atoms. The Bertz CT molecular complexity index is 322. The lowest BCUT2D eigenvalue weighted by atomic mass is 9.89. The van der Waals surface area contributed by atoms with Crippen LogP contribution in [-0.2, 0) is 0 Å². The van der Waals surface area contributed by atoms with Gasteiger partial charge in [0.1, 0.15) is 0 Å². The largest absolute Gasteiger partial charge is 0.313 e. The summed E-state index contributed by atoms with van der Waals surface area (Å²) >= 11 is 0. The van der Waals surface area contributed by atoms with Crippen molar-refractivity contribution < 1.29 is 0 Å². The molecule has 2 aliphatic rings. The number of fused-ring (bicyclic) bond motifs is 1. The first-order valence-corrected chi connectivity index (χ1v) is 6.10. The smallest absolute Gasteiger partial charge is 0.0346 e. The Hall–Kier alpha value is -0.820. The molecule has 1 heteroatoms. The van der Waals surface area contributed by atoms with Gasteiger partial charge in [-0.25, -0.2) is 0 Å². The second kappa shape index (κ2) is 3.64. The maximum absolute atomic E-state index is 3.50. The summed E-state index contributed by atoms with van der Waals surface area (Å²) in [5.74, 6) is 3.03. The number of benzene rings is 1.